The van der Waals surface area contributed by atoms with Gasteiger partial charge >= 0.3 is 5.97 Å². The van der Waals surface area contributed by atoms with Crippen LogP contribution < -0.4 is 21.1 Å². The van der Waals surface area contributed by atoms with Gasteiger partial charge in [0.15, 0.2) is 0 Å². The first kappa shape index (κ1) is 18.8. The molecule has 1 N–H and O–H groups in total. The maximum absolute atomic E-state index is 12.0. The highest BCUT2D eigenvalue weighted by atomic mass is 16.5. The number of anilines is 2. The second kappa shape index (κ2) is 8.64. The Morgan fingerprint density at radius 1 is 1.15 bits per heavy atom. The molecule has 0 atom stereocenters. The lowest BCUT2D eigenvalue weighted by molar-refractivity contribution is -0.148. The van der Waals surface area contributed by atoms with E-state index in [1.807, 2.05) is 4.90 Å². The second-order valence-corrected chi connectivity index (χ2v) is 6.78. The van der Waals surface area contributed by atoms with Crippen molar-refractivity contribution in [3.05, 3.63) is 20.4 Å². The van der Waals surface area contributed by atoms with E-state index in [9.17, 15) is 14.4 Å². The van der Waals surface area contributed by atoms with Crippen molar-refractivity contribution in [1.82, 2.24) is 4.90 Å². The number of ether oxygens (including phenoxy) is 2. The molecule has 8 heteroatoms. The summed E-state index contributed by atoms with van der Waals surface area (Å²) >= 11 is 0. The molecule has 0 amide bonds. The fraction of sp³-hybridized carbons (Fsp3) is 0.722. The summed E-state index contributed by atoms with van der Waals surface area (Å²) < 4.78 is 10.4. The molecule has 0 spiro atoms. The van der Waals surface area contributed by atoms with Crippen LogP contribution in [0.15, 0.2) is 9.59 Å². The summed E-state index contributed by atoms with van der Waals surface area (Å²) in [4.78, 5) is 40.0. The maximum atomic E-state index is 12.0. The topological polar surface area (TPSA) is 88.2 Å². The quantitative estimate of drug-likeness (QED) is 0.525. The van der Waals surface area contributed by atoms with E-state index in [0.29, 0.717) is 50.5 Å². The number of morpholine rings is 1. The van der Waals surface area contributed by atoms with Crippen LogP contribution in [0.1, 0.15) is 19.8 Å². The highest BCUT2D eigenvalue weighted by molar-refractivity contribution is 5.76. The number of carbonyl (C=O) groups excluding carboxylic acids is 1. The first-order valence-corrected chi connectivity index (χ1v) is 9.40. The molecule has 2 saturated heterocycles. The number of esters is 1. The fourth-order valence-corrected chi connectivity index (χ4v) is 3.61. The molecule has 8 nitrogen and oxygen atoms in total. The van der Waals surface area contributed by atoms with Gasteiger partial charge in [0.2, 0.25) is 0 Å². The van der Waals surface area contributed by atoms with Gasteiger partial charge in [-0.3, -0.25) is 19.3 Å². The summed E-state index contributed by atoms with van der Waals surface area (Å²) in [5.74, 6) is -0.281. The van der Waals surface area contributed by atoms with Crippen molar-refractivity contribution < 1.29 is 14.3 Å². The molecule has 2 heterocycles. The number of carbonyl (C=O) groups is 1. The lowest BCUT2D eigenvalue weighted by Crippen LogP contribution is -2.47. The van der Waals surface area contributed by atoms with Crippen molar-refractivity contribution >= 4 is 17.3 Å². The SMILES string of the molecule is CCOC(=O)C1CCN(c2c(NCCN3CCOCC3)c(=O)c2=O)CC1. The number of hydrogen-bond acceptors (Lipinski definition) is 8. The van der Waals surface area contributed by atoms with Crippen LogP contribution in [0.25, 0.3) is 0 Å². The zero-order chi connectivity index (χ0) is 18.5. The molecule has 144 valence electrons. The lowest BCUT2D eigenvalue weighted by atomic mass is 9.96. The summed E-state index contributed by atoms with van der Waals surface area (Å²) in [5, 5.41) is 3.14. The molecule has 3 rings (SSSR count). The van der Waals surface area contributed by atoms with E-state index in [2.05, 4.69) is 10.2 Å². The maximum Gasteiger partial charge on any atom is 0.309 e. The predicted octanol–water partition coefficient (Wildman–Crippen LogP) is -0.194. The monoisotopic (exact) mass is 365 g/mol. The predicted molar refractivity (Wildman–Crippen MR) is 98.7 cm³/mol. The Morgan fingerprint density at radius 3 is 2.50 bits per heavy atom. The van der Waals surface area contributed by atoms with E-state index in [-0.39, 0.29) is 11.9 Å². The first-order chi connectivity index (χ1) is 12.6. The molecular weight excluding hydrogens is 338 g/mol. The molecule has 0 saturated carbocycles. The van der Waals surface area contributed by atoms with E-state index in [1.54, 1.807) is 6.92 Å². The summed E-state index contributed by atoms with van der Waals surface area (Å²) in [6.45, 7) is 8.05. The third-order valence-corrected chi connectivity index (χ3v) is 5.15. The fourth-order valence-electron chi connectivity index (χ4n) is 3.61. The zero-order valence-electron chi connectivity index (χ0n) is 15.3. The van der Waals surface area contributed by atoms with E-state index >= 15 is 0 Å². The molecule has 0 aliphatic carbocycles. The van der Waals surface area contributed by atoms with E-state index in [4.69, 9.17) is 9.47 Å². The first-order valence-electron chi connectivity index (χ1n) is 9.40. The van der Waals surface area contributed by atoms with Crippen LogP contribution in [0, 0.1) is 5.92 Å². The number of nitrogens with one attached hydrogen (secondary N) is 1. The molecular formula is C18H27N3O5. The Kier molecular flexibility index (Phi) is 6.26. The van der Waals surface area contributed by atoms with Gasteiger partial charge in [0.1, 0.15) is 11.4 Å². The van der Waals surface area contributed by atoms with Gasteiger partial charge in [0.25, 0.3) is 10.9 Å². The van der Waals surface area contributed by atoms with Gasteiger partial charge < -0.3 is 19.7 Å². The van der Waals surface area contributed by atoms with Gasteiger partial charge in [-0.2, -0.15) is 0 Å². The molecule has 0 radical (unpaired) electrons. The van der Waals surface area contributed by atoms with Crippen LogP contribution >= 0.6 is 0 Å². The van der Waals surface area contributed by atoms with Crippen LogP contribution in [0.3, 0.4) is 0 Å². The Hall–Kier alpha value is -1.93. The van der Waals surface area contributed by atoms with Gasteiger partial charge in [0, 0.05) is 39.3 Å². The Balaban J connectivity index is 1.53. The second-order valence-electron chi connectivity index (χ2n) is 6.78. The van der Waals surface area contributed by atoms with E-state index in [0.717, 1.165) is 32.8 Å². The Labute approximate surface area is 152 Å². The average molecular weight is 365 g/mol. The van der Waals surface area contributed by atoms with Crippen molar-refractivity contribution in [1.29, 1.82) is 0 Å². The number of nitrogens with zero attached hydrogens (tertiary/aromatic N) is 2. The van der Waals surface area contributed by atoms with Crippen molar-refractivity contribution in [3.63, 3.8) is 0 Å². The number of hydrogen-bond donors (Lipinski definition) is 1. The minimum absolute atomic E-state index is 0.115. The van der Waals surface area contributed by atoms with Gasteiger partial charge in [-0.1, -0.05) is 0 Å². The average Bonchev–Trinajstić information content (AvgIpc) is 2.68. The Morgan fingerprint density at radius 2 is 1.85 bits per heavy atom. The van der Waals surface area contributed by atoms with Crippen molar-refractivity contribution in [2.45, 2.75) is 19.8 Å². The van der Waals surface area contributed by atoms with Gasteiger partial charge in [-0.15, -0.1) is 0 Å². The summed E-state index contributed by atoms with van der Waals surface area (Å²) in [7, 11) is 0. The number of piperidine rings is 1. The molecule has 1 aromatic carbocycles. The highest BCUT2D eigenvalue weighted by Gasteiger charge is 2.31. The minimum atomic E-state index is -0.436. The van der Waals surface area contributed by atoms with Crippen LogP contribution in [-0.2, 0) is 14.3 Å². The van der Waals surface area contributed by atoms with Crippen molar-refractivity contribution in [2.75, 3.05) is 69.3 Å². The molecule has 2 aliphatic heterocycles. The van der Waals surface area contributed by atoms with Crippen LogP contribution in [0.2, 0.25) is 0 Å². The molecule has 2 aliphatic rings. The molecule has 0 aromatic heterocycles. The summed E-state index contributed by atoms with van der Waals surface area (Å²) in [5.41, 5.74) is 0.0556. The summed E-state index contributed by atoms with van der Waals surface area (Å²) in [6, 6.07) is 0. The van der Waals surface area contributed by atoms with Crippen molar-refractivity contribution in [3.8, 4) is 0 Å². The third-order valence-electron chi connectivity index (χ3n) is 5.15. The zero-order valence-corrected chi connectivity index (χ0v) is 15.3. The van der Waals surface area contributed by atoms with E-state index < -0.39 is 10.9 Å². The molecule has 0 unspecified atom stereocenters. The smallest absolute Gasteiger partial charge is 0.309 e. The molecule has 2 fully saturated rings. The van der Waals surface area contributed by atoms with Crippen LogP contribution in [0.5, 0.6) is 0 Å². The largest absolute Gasteiger partial charge is 0.466 e. The standard InChI is InChI=1S/C18H27N3O5/c1-2-26-18(24)13-3-6-21(7-4-13)15-14(16(22)17(15)23)19-5-8-20-9-11-25-12-10-20/h13,19H,2-12H2,1H3. The van der Waals surface area contributed by atoms with Gasteiger partial charge in [-0.05, 0) is 19.8 Å². The van der Waals surface area contributed by atoms with Gasteiger partial charge in [-0.25, -0.2) is 0 Å². The molecule has 26 heavy (non-hydrogen) atoms. The summed E-state index contributed by atoms with van der Waals surface area (Å²) in [6.07, 6.45) is 1.29. The lowest BCUT2D eigenvalue weighted by Gasteiger charge is -2.34. The van der Waals surface area contributed by atoms with Crippen LogP contribution in [0.4, 0.5) is 11.4 Å². The van der Waals surface area contributed by atoms with Crippen LogP contribution in [-0.4, -0.2) is 70.0 Å². The molecule has 1 aromatic rings. The highest BCUT2D eigenvalue weighted by Crippen LogP contribution is 2.26. The third kappa shape index (κ3) is 4.07. The normalized spacial score (nSPS) is 19.7. The Bertz CT molecular complexity index is 683. The number of rotatable bonds is 7. The minimum Gasteiger partial charge on any atom is -0.466 e. The van der Waals surface area contributed by atoms with Crippen molar-refractivity contribution in [2.24, 2.45) is 5.92 Å². The molecule has 0 bridgehead atoms. The van der Waals surface area contributed by atoms with E-state index in [1.165, 1.54) is 0 Å². The van der Waals surface area contributed by atoms with Gasteiger partial charge in [0.05, 0.1) is 25.7 Å².